The second-order valence-electron chi connectivity index (χ2n) is 5.26. The highest BCUT2D eigenvalue weighted by Gasteiger charge is 2.11. The van der Waals surface area contributed by atoms with Gasteiger partial charge in [-0.15, -0.1) is 0 Å². The molecule has 2 N–H and O–H groups in total. The molecular weight excluding hydrogens is 246 g/mol. The van der Waals surface area contributed by atoms with Gasteiger partial charge in [0.05, 0.1) is 12.6 Å². The Morgan fingerprint density at radius 3 is 2.40 bits per heavy atom. The molecule has 0 aromatic heterocycles. The third-order valence-electron chi connectivity index (χ3n) is 3.48. The van der Waals surface area contributed by atoms with Gasteiger partial charge in [0, 0.05) is 0 Å². The molecule has 2 aromatic carbocycles. The molecule has 2 heteroatoms. The molecule has 20 heavy (non-hydrogen) atoms. The van der Waals surface area contributed by atoms with Crippen LogP contribution in [0.3, 0.4) is 0 Å². The number of hydrogen-bond donors (Lipinski definition) is 1. The van der Waals surface area contributed by atoms with Crippen molar-refractivity contribution < 1.29 is 4.74 Å². The van der Waals surface area contributed by atoms with Gasteiger partial charge in [-0.25, -0.2) is 0 Å². The first-order valence-corrected chi connectivity index (χ1v) is 7.17. The molecule has 0 saturated carbocycles. The average Bonchev–Trinajstić information content (AvgIpc) is 2.47. The minimum Gasteiger partial charge on any atom is -0.494 e. The lowest BCUT2D eigenvalue weighted by molar-refractivity contribution is 0.317. The largest absolute Gasteiger partial charge is 0.494 e. The highest BCUT2D eigenvalue weighted by Crippen LogP contribution is 2.25. The van der Waals surface area contributed by atoms with E-state index in [0.29, 0.717) is 0 Å². The Labute approximate surface area is 121 Å². The summed E-state index contributed by atoms with van der Waals surface area (Å²) in [5.74, 6) is 0.906. The van der Waals surface area contributed by atoms with E-state index < -0.39 is 0 Å². The summed E-state index contributed by atoms with van der Waals surface area (Å²) in [5.41, 5.74) is 11.2. The van der Waals surface area contributed by atoms with Gasteiger partial charge in [-0.1, -0.05) is 42.8 Å². The molecule has 0 amide bonds. The van der Waals surface area contributed by atoms with Crippen LogP contribution >= 0.6 is 0 Å². The average molecular weight is 269 g/mol. The second-order valence-corrected chi connectivity index (χ2v) is 5.26. The van der Waals surface area contributed by atoms with Crippen molar-refractivity contribution >= 4 is 0 Å². The Morgan fingerprint density at radius 2 is 1.75 bits per heavy atom. The van der Waals surface area contributed by atoms with Crippen molar-refractivity contribution in [2.24, 2.45) is 5.73 Å². The molecule has 0 aliphatic rings. The quantitative estimate of drug-likeness (QED) is 0.885. The van der Waals surface area contributed by atoms with E-state index in [1.807, 2.05) is 12.1 Å². The van der Waals surface area contributed by atoms with Crippen molar-refractivity contribution in [1.82, 2.24) is 0 Å². The van der Waals surface area contributed by atoms with Gasteiger partial charge < -0.3 is 10.5 Å². The lowest BCUT2D eigenvalue weighted by Crippen LogP contribution is -2.13. The minimum absolute atomic E-state index is 0.0878. The summed E-state index contributed by atoms with van der Waals surface area (Å²) in [6, 6.07) is 14.4. The van der Waals surface area contributed by atoms with Crippen molar-refractivity contribution in [2.45, 2.75) is 33.2 Å². The Balaban J connectivity index is 2.20. The van der Waals surface area contributed by atoms with E-state index in [4.69, 9.17) is 10.5 Å². The molecule has 2 rings (SSSR count). The highest BCUT2D eigenvalue weighted by atomic mass is 16.5. The van der Waals surface area contributed by atoms with Crippen molar-refractivity contribution in [3.63, 3.8) is 0 Å². The van der Waals surface area contributed by atoms with Crippen LogP contribution in [0.4, 0.5) is 0 Å². The number of aryl methyl sites for hydroxylation is 2. The van der Waals surface area contributed by atoms with Gasteiger partial charge in [0.15, 0.2) is 0 Å². The van der Waals surface area contributed by atoms with Gasteiger partial charge in [0.2, 0.25) is 0 Å². The van der Waals surface area contributed by atoms with Crippen molar-refractivity contribution in [3.05, 3.63) is 64.7 Å². The summed E-state index contributed by atoms with van der Waals surface area (Å²) >= 11 is 0. The van der Waals surface area contributed by atoms with Gasteiger partial charge in [-0.3, -0.25) is 0 Å². The van der Waals surface area contributed by atoms with E-state index in [2.05, 4.69) is 51.1 Å². The Bertz CT molecular complexity index is 560. The van der Waals surface area contributed by atoms with Crippen molar-refractivity contribution in [1.29, 1.82) is 0 Å². The normalized spacial score (nSPS) is 12.2. The summed E-state index contributed by atoms with van der Waals surface area (Å²) < 4.78 is 5.60. The van der Waals surface area contributed by atoms with Gasteiger partial charge in [-0.2, -0.15) is 0 Å². The molecule has 1 unspecified atom stereocenters. The molecule has 0 spiro atoms. The lowest BCUT2D eigenvalue weighted by Gasteiger charge is -2.16. The molecule has 2 nitrogen and oxygen atoms in total. The molecule has 0 aliphatic carbocycles. The number of hydrogen-bond acceptors (Lipinski definition) is 2. The zero-order valence-electron chi connectivity index (χ0n) is 12.5. The predicted molar refractivity (Wildman–Crippen MR) is 84.2 cm³/mol. The van der Waals surface area contributed by atoms with Gasteiger partial charge >= 0.3 is 0 Å². The summed E-state index contributed by atoms with van der Waals surface area (Å²) in [6.45, 7) is 7.05. The fourth-order valence-electron chi connectivity index (χ4n) is 2.27. The lowest BCUT2D eigenvalue weighted by atomic mass is 9.94. The molecule has 0 heterocycles. The molecule has 0 fully saturated rings. The molecule has 2 aromatic rings. The van der Waals surface area contributed by atoms with Crippen LogP contribution in [0.2, 0.25) is 0 Å². The predicted octanol–water partition coefficient (Wildman–Crippen LogP) is 4.14. The van der Waals surface area contributed by atoms with E-state index in [9.17, 15) is 0 Å². The molecule has 106 valence electrons. The van der Waals surface area contributed by atoms with E-state index in [0.717, 1.165) is 24.3 Å². The SMILES string of the molecule is CCCOc1ccc(C(N)c2cc(C)ccc2C)cc1. The smallest absolute Gasteiger partial charge is 0.119 e. The van der Waals surface area contributed by atoms with Gasteiger partial charge in [-0.05, 0) is 49.1 Å². The van der Waals surface area contributed by atoms with E-state index in [1.165, 1.54) is 16.7 Å². The zero-order chi connectivity index (χ0) is 14.5. The maximum absolute atomic E-state index is 6.40. The number of rotatable bonds is 5. The molecule has 0 aliphatic heterocycles. The second kappa shape index (κ2) is 6.58. The maximum Gasteiger partial charge on any atom is 0.119 e. The maximum atomic E-state index is 6.40. The number of ether oxygens (including phenoxy) is 1. The van der Waals surface area contributed by atoms with Crippen LogP contribution in [0.5, 0.6) is 5.75 Å². The Kier molecular flexibility index (Phi) is 4.80. The van der Waals surface area contributed by atoms with Crippen molar-refractivity contribution in [2.75, 3.05) is 6.61 Å². The Morgan fingerprint density at radius 1 is 1.05 bits per heavy atom. The zero-order valence-corrected chi connectivity index (χ0v) is 12.5. The van der Waals surface area contributed by atoms with Crippen LogP contribution in [-0.4, -0.2) is 6.61 Å². The number of benzene rings is 2. The van der Waals surface area contributed by atoms with Crippen LogP contribution in [0, 0.1) is 13.8 Å². The van der Waals surface area contributed by atoms with Crippen molar-refractivity contribution in [3.8, 4) is 5.75 Å². The molecule has 0 radical (unpaired) electrons. The third-order valence-corrected chi connectivity index (χ3v) is 3.48. The number of nitrogens with two attached hydrogens (primary N) is 1. The van der Waals surface area contributed by atoms with E-state index in [-0.39, 0.29) is 6.04 Å². The molecule has 0 saturated heterocycles. The summed E-state index contributed by atoms with van der Waals surface area (Å²) in [5, 5.41) is 0. The van der Waals surface area contributed by atoms with E-state index >= 15 is 0 Å². The highest BCUT2D eigenvalue weighted by molar-refractivity contribution is 5.40. The third kappa shape index (κ3) is 3.40. The molecular formula is C18H23NO. The standard InChI is InChI=1S/C18H23NO/c1-4-11-20-16-9-7-15(8-10-16)18(19)17-12-13(2)5-6-14(17)3/h5-10,12,18H,4,11,19H2,1-3H3. The molecule has 0 bridgehead atoms. The fraction of sp³-hybridized carbons (Fsp3) is 0.333. The Hall–Kier alpha value is -1.80. The fourth-order valence-corrected chi connectivity index (χ4v) is 2.27. The van der Waals surface area contributed by atoms with Gasteiger partial charge in [0.25, 0.3) is 0 Å². The topological polar surface area (TPSA) is 35.2 Å². The van der Waals surface area contributed by atoms with Crippen LogP contribution in [-0.2, 0) is 0 Å². The van der Waals surface area contributed by atoms with Gasteiger partial charge in [0.1, 0.15) is 5.75 Å². The van der Waals surface area contributed by atoms with Crippen LogP contribution < -0.4 is 10.5 Å². The summed E-state index contributed by atoms with van der Waals surface area (Å²) in [7, 11) is 0. The summed E-state index contributed by atoms with van der Waals surface area (Å²) in [4.78, 5) is 0. The van der Waals surface area contributed by atoms with Crippen LogP contribution in [0.25, 0.3) is 0 Å². The molecule has 1 atom stereocenters. The van der Waals surface area contributed by atoms with Crippen LogP contribution in [0.15, 0.2) is 42.5 Å². The monoisotopic (exact) mass is 269 g/mol. The van der Waals surface area contributed by atoms with Crippen LogP contribution in [0.1, 0.15) is 41.6 Å². The summed E-state index contributed by atoms with van der Waals surface area (Å²) in [6.07, 6.45) is 1.02. The first-order chi connectivity index (χ1) is 9.61. The van der Waals surface area contributed by atoms with E-state index in [1.54, 1.807) is 0 Å². The minimum atomic E-state index is -0.0878. The first-order valence-electron chi connectivity index (χ1n) is 7.17. The first kappa shape index (κ1) is 14.6.